The predicted octanol–water partition coefficient (Wildman–Crippen LogP) is 4.15. The number of halogens is 3. The summed E-state index contributed by atoms with van der Waals surface area (Å²) in [5, 5.41) is 24.4. The molecule has 2 unspecified atom stereocenters. The summed E-state index contributed by atoms with van der Waals surface area (Å²) < 4.78 is 70.4. The number of nitrogens with one attached hydrogen (secondary N) is 2. The summed E-state index contributed by atoms with van der Waals surface area (Å²) >= 11 is 0. The van der Waals surface area contributed by atoms with Gasteiger partial charge in [-0.25, -0.2) is 13.2 Å². The van der Waals surface area contributed by atoms with E-state index in [0.717, 1.165) is 12.1 Å². The zero-order valence-corrected chi connectivity index (χ0v) is 23.3. The van der Waals surface area contributed by atoms with Gasteiger partial charge in [-0.1, -0.05) is 48.5 Å². The van der Waals surface area contributed by atoms with Crippen LogP contribution in [0.3, 0.4) is 0 Å². The lowest BCUT2D eigenvalue weighted by Crippen LogP contribution is -2.37. The lowest BCUT2D eigenvalue weighted by Gasteiger charge is -2.18. The first-order valence-corrected chi connectivity index (χ1v) is 14.4. The third kappa shape index (κ3) is 7.88. The first-order valence-electron chi connectivity index (χ1n) is 13.0. The number of carbonyl (C=O) groups is 1. The molecule has 0 aliphatic heterocycles. The quantitative estimate of drug-likeness (QED) is 0.169. The SMILES string of the molecule is CC(Cc1c(C(=O)O)n(Cc2cccc(S(=O)(=O)NC(F)(F)F)c2)c2ccccc12)NCC(O)COc1ccccc1. The van der Waals surface area contributed by atoms with Gasteiger partial charge in [-0.05, 0) is 54.8 Å². The first kappa shape index (κ1) is 31.0. The highest BCUT2D eigenvalue weighted by Crippen LogP contribution is 2.29. The Balaban J connectivity index is 1.55. The van der Waals surface area contributed by atoms with E-state index >= 15 is 0 Å². The summed E-state index contributed by atoms with van der Waals surface area (Å²) in [6.07, 6.45) is -5.68. The van der Waals surface area contributed by atoms with Gasteiger partial charge in [-0.2, -0.15) is 13.2 Å². The van der Waals surface area contributed by atoms with Crippen LogP contribution in [0, 0.1) is 0 Å². The van der Waals surface area contributed by atoms with Gasteiger partial charge in [-0.3, -0.25) is 0 Å². The average molecular weight is 606 g/mol. The Morgan fingerprint density at radius 3 is 2.40 bits per heavy atom. The number of aromatic nitrogens is 1. The maximum atomic E-state index is 12.7. The van der Waals surface area contributed by atoms with Crippen LogP contribution in [0.25, 0.3) is 10.9 Å². The number of aromatic carboxylic acids is 1. The van der Waals surface area contributed by atoms with Gasteiger partial charge >= 0.3 is 12.3 Å². The molecular formula is C29H30F3N3O6S. The molecule has 42 heavy (non-hydrogen) atoms. The normalized spacial score (nSPS) is 13.6. The second-order valence-corrected chi connectivity index (χ2v) is 11.5. The molecular weight excluding hydrogens is 575 g/mol. The van der Waals surface area contributed by atoms with Gasteiger partial charge in [0, 0.05) is 30.0 Å². The molecule has 0 bridgehead atoms. The van der Waals surface area contributed by atoms with Crippen molar-refractivity contribution in [1.29, 1.82) is 0 Å². The van der Waals surface area contributed by atoms with Gasteiger partial charge in [-0.15, -0.1) is 4.72 Å². The monoisotopic (exact) mass is 605 g/mol. The Morgan fingerprint density at radius 2 is 1.71 bits per heavy atom. The van der Waals surface area contributed by atoms with Crippen LogP contribution in [0.5, 0.6) is 5.75 Å². The largest absolute Gasteiger partial charge is 0.491 e. The second-order valence-electron chi connectivity index (χ2n) is 9.78. The molecule has 3 aromatic carbocycles. The van der Waals surface area contributed by atoms with E-state index in [1.807, 2.05) is 25.1 Å². The molecule has 1 aromatic heterocycles. The smallest absolute Gasteiger partial charge is 0.470 e. The molecule has 9 nitrogen and oxygen atoms in total. The number of aliphatic hydroxyl groups is 1. The van der Waals surface area contributed by atoms with Crippen LogP contribution in [-0.4, -0.2) is 60.8 Å². The number of rotatable bonds is 13. The molecule has 0 amide bonds. The van der Waals surface area contributed by atoms with Gasteiger partial charge in [0.1, 0.15) is 24.2 Å². The number of carboxylic acid groups (broad SMARTS) is 1. The van der Waals surface area contributed by atoms with Gasteiger partial charge in [0.2, 0.25) is 10.0 Å². The van der Waals surface area contributed by atoms with Crippen molar-refractivity contribution in [2.24, 2.45) is 0 Å². The van der Waals surface area contributed by atoms with E-state index in [0.29, 0.717) is 32.5 Å². The predicted molar refractivity (Wildman–Crippen MR) is 150 cm³/mol. The number of hydrogen-bond acceptors (Lipinski definition) is 6. The van der Waals surface area contributed by atoms with Crippen LogP contribution in [0.4, 0.5) is 13.2 Å². The summed E-state index contributed by atoms with van der Waals surface area (Å²) in [6.45, 7) is 2.01. The fraction of sp³-hybridized carbons (Fsp3) is 0.276. The number of ether oxygens (including phenoxy) is 1. The number of carboxylic acids is 1. The zero-order chi connectivity index (χ0) is 30.5. The van der Waals surface area contributed by atoms with E-state index in [1.165, 1.54) is 16.7 Å². The lowest BCUT2D eigenvalue weighted by atomic mass is 10.0. The summed E-state index contributed by atoms with van der Waals surface area (Å²) in [6, 6.07) is 20.7. The Labute approximate surface area is 240 Å². The Hall–Kier alpha value is -3.91. The minimum absolute atomic E-state index is 0.0283. The van der Waals surface area contributed by atoms with Crippen LogP contribution in [-0.2, 0) is 23.0 Å². The van der Waals surface area contributed by atoms with Crippen molar-refractivity contribution >= 4 is 26.9 Å². The van der Waals surface area contributed by atoms with Crippen molar-refractivity contribution in [3.63, 3.8) is 0 Å². The maximum Gasteiger partial charge on any atom is 0.470 e. The minimum Gasteiger partial charge on any atom is -0.491 e. The van der Waals surface area contributed by atoms with Gasteiger partial charge in [0.05, 0.1) is 4.90 Å². The van der Waals surface area contributed by atoms with E-state index in [-0.39, 0.29) is 37.9 Å². The third-order valence-electron chi connectivity index (χ3n) is 6.48. The fourth-order valence-electron chi connectivity index (χ4n) is 4.68. The highest BCUT2D eigenvalue weighted by molar-refractivity contribution is 7.89. The summed E-state index contributed by atoms with van der Waals surface area (Å²) in [4.78, 5) is 11.9. The number of para-hydroxylation sites is 2. The van der Waals surface area contributed by atoms with Crippen molar-refractivity contribution in [3.05, 3.63) is 95.7 Å². The molecule has 0 aliphatic carbocycles. The van der Waals surface area contributed by atoms with Gasteiger partial charge < -0.3 is 24.8 Å². The van der Waals surface area contributed by atoms with Crippen molar-refractivity contribution in [1.82, 2.24) is 14.6 Å². The Kier molecular flexibility index (Phi) is 9.57. The summed E-state index contributed by atoms with van der Waals surface area (Å²) in [7, 11) is -4.88. The summed E-state index contributed by atoms with van der Waals surface area (Å²) in [5.74, 6) is -0.588. The van der Waals surface area contributed by atoms with Crippen LogP contribution >= 0.6 is 0 Å². The molecule has 0 fully saturated rings. The van der Waals surface area contributed by atoms with Gasteiger partial charge in [0.15, 0.2) is 0 Å². The van der Waals surface area contributed by atoms with E-state index in [2.05, 4.69) is 5.32 Å². The molecule has 0 saturated heterocycles. The van der Waals surface area contributed by atoms with Crippen molar-refractivity contribution in [2.75, 3.05) is 13.2 Å². The topological polar surface area (TPSA) is 130 Å². The zero-order valence-electron chi connectivity index (χ0n) is 22.5. The van der Waals surface area contributed by atoms with E-state index in [9.17, 15) is 36.6 Å². The van der Waals surface area contributed by atoms with Crippen molar-refractivity contribution < 1.29 is 41.3 Å². The summed E-state index contributed by atoms with van der Waals surface area (Å²) in [5.41, 5.74) is 1.35. The van der Waals surface area contributed by atoms with Gasteiger partial charge in [0.25, 0.3) is 0 Å². The maximum absolute atomic E-state index is 12.7. The first-order chi connectivity index (χ1) is 19.8. The Morgan fingerprint density at radius 1 is 1.02 bits per heavy atom. The number of sulfonamides is 1. The van der Waals surface area contributed by atoms with E-state index in [4.69, 9.17) is 4.74 Å². The molecule has 0 radical (unpaired) electrons. The molecule has 0 spiro atoms. The molecule has 224 valence electrons. The number of benzene rings is 3. The van der Waals surface area contributed by atoms with Crippen LogP contribution in [0.15, 0.2) is 83.8 Å². The fourth-order valence-corrected chi connectivity index (χ4v) is 5.67. The molecule has 2 atom stereocenters. The van der Waals surface area contributed by atoms with Crippen LogP contribution < -0.4 is 14.8 Å². The number of alkyl halides is 3. The minimum atomic E-state index is -5.15. The Bertz CT molecular complexity index is 1640. The van der Waals surface area contributed by atoms with Crippen LogP contribution in [0.2, 0.25) is 0 Å². The number of nitrogens with zero attached hydrogens (tertiary/aromatic N) is 1. The van der Waals surface area contributed by atoms with E-state index < -0.39 is 33.3 Å². The highest BCUT2D eigenvalue weighted by Gasteiger charge is 2.35. The number of hydrogen-bond donors (Lipinski definition) is 4. The van der Waals surface area contributed by atoms with Crippen molar-refractivity contribution in [3.8, 4) is 5.75 Å². The van der Waals surface area contributed by atoms with Crippen LogP contribution in [0.1, 0.15) is 28.5 Å². The molecule has 0 saturated carbocycles. The molecule has 1 heterocycles. The molecule has 0 aliphatic rings. The number of aliphatic hydroxyl groups excluding tert-OH is 1. The van der Waals surface area contributed by atoms with E-state index in [1.54, 1.807) is 36.4 Å². The van der Waals surface area contributed by atoms with Crippen molar-refractivity contribution in [2.45, 2.75) is 43.2 Å². The third-order valence-corrected chi connectivity index (χ3v) is 7.85. The lowest BCUT2D eigenvalue weighted by molar-refractivity contribution is -0.138. The highest BCUT2D eigenvalue weighted by atomic mass is 32.2. The molecule has 13 heteroatoms. The number of fused-ring (bicyclic) bond motifs is 1. The molecule has 4 rings (SSSR count). The average Bonchev–Trinajstić information content (AvgIpc) is 3.23. The molecule has 4 aromatic rings. The molecule has 4 N–H and O–H groups in total. The standard InChI is InChI=1S/C29H30F3N3O6S/c1-19(33-16-21(36)18-41-22-9-3-2-4-10-22)14-25-24-12-5-6-13-26(24)35(27(25)28(37)38)17-20-8-7-11-23(15-20)42(39,40)34-29(30,31)32/h2-13,15,19,21,33-34,36H,14,16-18H2,1H3,(H,37,38). The second kappa shape index (κ2) is 12.9.